The van der Waals surface area contributed by atoms with Gasteiger partial charge in [0.2, 0.25) is 0 Å². The van der Waals surface area contributed by atoms with Crippen LogP contribution < -0.4 is 5.32 Å². The fourth-order valence-electron chi connectivity index (χ4n) is 2.24. The number of para-hydroxylation sites is 1. The summed E-state index contributed by atoms with van der Waals surface area (Å²) in [6.07, 6.45) is 3.90. The van der Waals surface area contributed by atoms with Crippen molar-refractivity contribution in [3.8, 4) is 5.69 Å². The maximum Gasteiger partial charge on any atom is 0.255 e. The summed E-state index contributed by atoms with van der Waals surface area (Å²) in [6.45, 7) is 0. The Morgan fingerprint density at radius 3 is 2.64 bits per heavy atom. The van der Waals surface area contributed by atoms with E-state index in [1.54, 1.807) is 18.2 Å². The van der Waals surface area contributed by atoms with Gasteiger partial charge in [-0.15, -0.1) is 0 Å². The molecule has 7 nitrogen and oxygen atoms in total. The number of sulfone groups is 1. The Labute approximate surface area is 149 Å². The highest BCUT2D eigenvalue weighted by molar-refractivity contribution is 7.90. The van der Waals surface area contributed by atoms with Crippen molar-refractivity contribution in [2.24, 2.45) is 0 Å². The maximum absolute atomic E-state index is 12.5. The van der Waals surface area contributed by atoms with Crippen molar-refractivity contribution in [1.82, 2.24) is 14.8 Å². The Morgan fingerprint density at radius 1 is 1.20 bits per heavy atom. The lowest BCUT2D eigenvalue weighted by molar-refractivity contribution is 0.102. The number of nitrogens with one attached hydrogen (secondary N) is 1. The summed E-state index contributed by atoms with van der Waals surface area (Å²) in [5.74, 6) is -0.464. The van der Waals surface area contributed by atoms with E-state index in [4.69, 9.17) is 11.6 Å². The molecule has 0 atom stereocenters. The molecule has 0 unspecified atom stereocenters. The number of aromatic nitrogens is 3. The summed E-state index contributed by atoms with van der Waals surface area (Å²) < 4.78 is 24.7. The molecule has 25 heavy (non-hydrogen) atoms. The van der Waals surface area contributed by atoms with Gasteiger partial charge in [-0.2, -0.15) is 5.10 Å². The quantitative estimate of drug-likeness (QED) is 0.755. The third-order valence-electron chi connectivity index (χ3n) is 3.41. The lowest BCUT2D eigenvalue weighted by Crippen LogP contribution is -2.15. The Bertz CT molecular complexity index is 1030. The highest BCUT2D eigenvalue weighted by atomic mass is 35.5. The second-order valence-corrected chi connectivity index (χ2v) is 7.65. The number of benzene rings is 2. The molecule has 9 heteroatoms. The first-order valence-corrected chi connectivity index (χ1v) is 9.38. The van der Waals surface area contributed by atoms with Gasteiger partial charge in [0.25, 0.3) is 5.91 Å². The van der Waals surface area contributed by atoms with Gasteiger partial charge in [-0.25, -0.2) is 18.1 Å². The minimum Gasteiger partial charge on any atom is -0.320 e. The van der Waals surface area contributed by atoms with Crippen LogP contribution in [0.3, 0.4) is 0 Å². The minimum absolute atomic E-state index is 0.0720. The largest absolute Gasteiger partial charge is 0.320 e. The molecule has 3 rings (SSSR count). The van der Waals surface area contributed by atoms with Crippen LogP contribution in [0.4, 0.5) is 5.69 Å². The molecule has 0 aliphatic heterocycles. The molecule has 1 heterocycles. The van der Waals surface area contributed by atoms with Gasteiger partial charge in [0.15, 0.2) is 9.84 Å². The molecule has 0 aliphatic rings. The molecule has 128 valence electrons. The number of hydrogen-bond donors (Lipinski definition) is 1. The summed E-state index contributed by atoms with van der Waals surface area (Å²) in [5.41, 5.74) is 1.11. The molecular formula is C16H13ClN4O3S. The first kappa shape index (κ1) is 17.1. The molecule has 0 saturated heterocycles. The van der Waals surface area contributed by atoms with Crippen molar-refractivity contribution in [1.29, 1.82) is 0 Å². The lowest BCUT2D eigenvalue weighted by Gasteiger charge is -2.12. The van der Waals surface area contributed by atoms with Crippen LogP contribution in [0.5, 0.6) is 0 Å². The molecule has 0 fully saturated rings. The van der Waals surface area contributed by atoms with E-state index in [-0.39, 0.29) is 10.5 Å². The van der Waals surface area contributed by atoms with E-state index in [9.17, 15) is 13.2 Å². The number of amides is 1. The van der Waals surface area contributed by atoms with Crippen molar-refractivity contribution in [3.05, 3.63) is 65.7 Å². The summed E-state index contributed by atoms with van der Waals surface area (Å²) >= 11 is 6.22. The average molecular weight is 377 g/mol. The van der Waals surface area contributed by atoms with Crippen LogP contribution in [0.2, 0.25) is 5.02 Å². The van der Waals surface area contributed by atoms with Gasteiger partial charge in [0.1, 0.15) is 18.3 Å². The van der Waals surface area contributed by atoms with E-state index >= 15 is 0 Å². The highest BCUT2D eigenvalue weighted by Crippen LogP contribution is 2.28. The Morgan fingerprint density at radius 2 is 1.96 bits per heavy atom. The zero-order valence-electron chi connectivity index (χ0n) is 13.0. The zero-order chi connectivity index (χ0) is 18.0. The first-order chi connectivity index (χ1) is 11.9. The van der Waals surface area contributed by atoms with Gasteiger partial charge in [0, 0.05) is 11.8 Å². The van der Waals surface area contributed by atoms with Crippen LogP contribution in [-0.2, 0) is 9.84 Å². The number of carbonyl (C=O) groups excluding carboxylic acids is 1. The highest BCUT2D eigenvalue weighted by Gasteiger charge is 2.15. The van der Waals surface area contributed by atoms with Gasteiger partial charge < -0.3 is 5.32 Å². The van der Waals surface area contributed by atoms with Gasteiger partial charge in [-0.05, 0) is 30.3 Å². The number of nitrogens with zero attached hydrogens (tertiary/aromatic N) is 3. The molecule has 2 aromatic carbocycles. The van der Waals surface area contributed by atoms with Crippen LogP contribution >= 0.6 is 11.6 Å². The normalized spacial score (nSPS) is 11.3. The molecule has 3 aromatic rings. The van der Waals surface area contributed by atoms with Crippen molar-refractivity contribution in [3.63, 3.8) is 0 Å². The second-order valence-electron chi connectivity index (χ2n) is 5.23. The molecule has 1 N–H and O–H groups in total. The second kappa shape index (κ2) is 6.66. The van der Waals surface area contributed by atoms with E-state index in [2.05, 4.69) is 15.4 Å². The number of hydrogen-bond acceptors (Lipinski definition) is 5. The van der Waals surface area contributed by atoms with Crippen LogP contribution in [0.1, 0.15) is 10.4 Å². The third kappa shape index (κ3) is 3.70. The van der Waals surface area contributed by atoms with Crippen molar-refractivity contribution in [2.75, 3.05) is 11.6 Å². The molecule has 1 aromatic heterocycles. The van der Waals surface area contributed by atoms with Crippen LogP contribution in [0.15, 0.2) is 60.0 Å². The van der Waals surface area contributed by atoms with Crippen LogP contribution in [0, 0.1) is 0 Å². The van der Waals surface area contributed by atoms with Crippen molar-refractivity contribution < 1.29 is 13.2 Å². The van der Waals surface area contributed by atoms with E-state index in [0.29, 0.717) is 16.4 Å². The third-order valence-corrected chi connectivity index (χ3v) is 4.82. The molecule has 0 saturated carbocycles. The minimum atomic E-state index is -3.41. The molecular weight excluding hydrogens is 364 g/mol. The molecule has 0 aliphatic carbocycles. The number of rotatable bonds is 4. The monoisotopic (exact) mass is 376 g/mol. The maximum atomic E-state index is 12.5. The Balaban J connectivity index is 1.97. The average Bonchev–Trinajstić information content (AvgIpc) is 3.08. The van der Waals surface area contributed by atoms with Gasteiger partial charge in [-0.1, -0.05) is 23.7 Å². The van der Waals surface area contributed by atoms with Crippen LogP contribution in [-0.4, -0.2) is 35.3 Å². The van der Waals surface area contributed by atoms with Gasteiger partial charge >= 0.3 is 0 Å². The summed E-state index contributed by atoms with van der Waals surface area (Å²) in [6, 6.07) is 10.8. The van der Waals surface area contributed by atoms with E-state index in [1.165, 1.54) is 41.6 Å². The van der Waals surface area contributed by atoms with E-state index in [1.807, 2.05) is 0 Å². The predicted octanol–water partition coefficient (Wildman–Crippen LogP) is 2.58. The van der Waals surface area contributed by atoms with Crippen molar-refractivity contribution >= 4 is 33.0 Å². The van der Waals surface area contributed by atoms with Gasteiger partial charge in [0.05, 0.1) is 15.6 Å². The summed E-state index contributed by atoms with van der Waals surface area (Å²) in [4.78, 5) is 16.5. The standard InChI is InChI=1S/C16H13ClN4O3S/c1-25(23,24)12-5-2-4-11(8-12)16(22)20-14-7-3-6-13(17)15(14)21-10-18-9-19-21/h2-10H,1H3,(H,20,22). The molecule has 0 spiro atoms. The molecule has 0 radical (unpaired) electrons. The fourth-order valence-corrected chi connectivity index (χ4v) is 3.16. The van der Waals surface area contributed by atoms with E-state index < -0.39 is 15.7 Å². The molecule has 0 bridgehead atoms. The molecule has 1 amide bonds. The Hall–Kier alpha value is -2.71. The smallest absolute Gasteiger partial charge is 0.255 e. The number of anilines is 1. The first-order valence-electron chi connectivity index (χ1n) is 7.11. The summed E-state index contributed by atoms with van der Waals surface area (Å²) in [7, 11) is -3.41. The van der Waals surface area contributed by atoms with Crippen molar-refractivity contribution in [2.45, 2.75) is 4.90 Å². The Kier molecular flexibility index (Phi) is 4.56. The zero-order valence-corrected chi connectivity index (χ0v) is 14.6. The van der Waals surface area contributed by atoms with Crippen LogP contribution in [0.25, 0.3) is 5.69 Å². The predicted molar refractivity (Wildman–Crippen MR) is 93.9 cm³/mol. The fraction of sp³-hybridized carbons (Fsp3) is 0.0625. The SMILES string of the molecule is CS(=O)(=O)c1cccc(C(=O)Nc2cccc(Cl)c2-n2cncn2)c1. The number of carbonyl (C=O) groups is 1. The summed E-state index contributed by atoms with van der Waals surface area (Å²) in [5, 5.41) is 7.14. The van der Waals surface area contributed by atoms with E-state index in [0.717, 1.165) is 6.26 Å². The van der Waals surface area contributed by atoms with Gasteiger partial charge in [-0.3, -0.25) is 4.79 Å². The topological polar surface area (TPSA) is 94.0 Å². The number of halogens is 1. The lowest BCUT2D eigenvalue weighted by atomic mass is 10.2.